The van der Waals surface area contributed by atoms with E-state index in [4.69, 9.17) is 4.52 Å². The summed E-state index contributed by atoms with van der Waals surface area (Å²) in [6.45, 7) is 1.07. The van der Waals surface area contributed by atoms with Gasteiger partial charge in [0.1, 0.15) is 27.9 Å². The van der Waals surface area contributed by atoms with Crippen LogP contribution in [0.25, 0.3) is 22.0 Å². The zero-order valence-electron chi connectivity index (χ0n) is 18.4. The maximum absolute atomic E-state index is 13.9. The van der Waals surface area contributed by atoms with Crippen LogP contribution in [0, 0.1) is 29.6 Å². The highest BCUT2D eigenvalue weighted by molar-refractivity contribution is 7.16. The minimum atomic E-state index is -5.83. The molecule has 35 heavy (non-hydrogen) atoms. The molecule has 1 saturated carbocycles. The average Bonchev–Trinajstić information content (AvgIpc) is 3.10. The van der Waals surface area contributed by atoms with Crippen LogP contribution in [0.3, 0.4) is 0 Å². The highest BCUT2D eigenvalue weighted by atomic mass is 32.1. The minimum absolute atomic E-state index is 0.0540. The molecule has 14 heteroatoms. The molecule has 3 aromatic heterocycles. The van der Waals surface area contributed by atoms with Gasteiger partial charge in [-0.25, -0.2) is 0 Å². The summed E-state index contributed by atoms with van der Waals surface area (Å²) in [5, 5.41) is 26.0. The Hall–Kier alpha value is -3.78. The van der Waals surface area contributed by atoms with E-state index in [2.05, 4.69) is 16.3 Å². The van der Waals surface area contributed by atoms with E-state index in [9.17, 15) is 37.3 Å². The summed E-state index contributed by atoms with van der Waals surface area (Å²) >= 11 is 0.910. The third-order valence-corrected chi connectivity index (χ3v) is 6.93. The number of aromatic nitrogens is 3. The van der Waals surface area contributed by atoms with E-state index < -0.39 is 34.8 Å². The fraction of sp³-hybridized carbons (Fsp3) is 0.381. The van der Waals surface area contributed by atoms with Crippen molar-refractivity contribution in [1.29, 1.82) is 10.5 Å². The zero-order chi connectivity index (χ0) is 25.9. The van der Waals surface area contributed by atoms with Crippen molar-refractivity contribution in [2.45, 2.75) is 37.4 Å². The largest absolute Gasteiger partial charge is 0.459 e. The predicted octanol–water partition coefficient (Wildman–Crippen LogP) is 4.77. The van der Waals surface area contributed by atoms with Gasteiger partial charge in [0.25, 0.3) is 5.91 Å². The van der Waals surface area contributed by atoms with E-state index in [0.29, 0.717) is 17.7 Å². The number of hydrogen-bond donors (Lipinski definition) is 0. The third-order valence-electron chi connectivity index (χ3n) is 5.88. The number of nitrogens with zero attached hydrogens (tertiary/aromatic N) is 6. The second kappa shape index (κ2) is 7.88. The summed E-state index contributed by atoms with van der Waals surface area (Å²) < 4.78 is 72.5. The highest BCUT2D eigenvalue weighted by Crippen LogP contribution is 2.46. The lowest BCUT2D eigenvalue weighted by atomic mass is 10.1. The number of carbonyl (C=O) groups excluding carboxylic acids is 1. The maximum Gasteiger partial charge on any atom is 0.459 e. The summed E-state index contributed by atoms with van der Waals surface area (Å²) in [5.74, 6) is -5.63. The minimum Gasteiger partial charge on any atom is -0.355 e. The highest BCUT2D eigenvalue weighted by Gasteiger charge is 2.61. The molecule has 0 radical (unpaired) electrons. The Bertz CT molecular complexity index is 1420. The first-order chi connectivity index (χ1) is 16.3. The Labute approximate surface area is 198 Å². The second-order valence-corrected chi connectivity index (χ2v) is 9.12. The van der Waals surface area contributed by atoms with Crippen LogP contribution in [-0.2, 0) is 13.0 Å². The Morgan fingerprint density at radius 3 is 2.46 bits per heavy atom. The number of carbonyl (C=O) groups is 1. The molecule has 0 unspecified atom stereocenters. The van der Waals surface area contributed by atoms with Crippen LogP contribution in [-0.4, -0.2) is 44.5 Å². The van der Waals surface area contributed by atoms with Crippen LogP contribution in [0.4, 0.5) is 22.0 Å². The van der Waals surface area contributed by atoms with Gasteiger partial charge >= 0.3 is 12.1 Å². The number of alkyl halides is 5. The smallest absolute Gasteiger partial charge is 0.355 e. The van der Waals surface area contributed by atoms with Crippen molar-refractivity contribution in [2.24, 2.45) is 7.05 Å². The third kappa shape index (κ3) is 3.74. The summed E-state index contributed by atoms with van der Waals surface area (Å²) in [6.07, 6.45) is -4.78. The number of amides is 1. The molecular formula is C21H15F5N6O2S. The fourth-order valence-electron chi connectivity index (χ4n) is 3.69. The van der Waals surface area contributed by atoms with E-state index in [1.54, 1.807) is 0 Å². The van der Waals surface area contributed by atoms with Crippen molar-refractivity contribution in [3.8, 4) is 34.2 Å². The van der Waals surface area contributed by atoms with Crippen molar-refractivity contribution in [2.75, 3.05) is 7.05 Å². The number of thiophene rings is 1. The molecule has 3 heterocycles. The first-order valence-corrected chi connectivity index (χ1v) is 10.8. The Morgan fingerprint density at radius 2 is 1.91 bits per heavy atom. The number of halogens is 5. The van der Waals surface area contributed by atoms with Gasteiger partial charge in [-0.2, -0.15) is 37.6 Å². The van der Waals surface area contributed by atoms with Crippen LogP contribution in [0.1, 0.15) is 39.3 Å². The molecule has 1 amide bonds. The molecule has 0 N–H and O–H groups in total. The molecular weight excluding hydrogens is 495 g/mol. The van der Waals surface area contributed by atoms with Gasteiger partial charge in [0.05, 0.1) is 22.2 Å². The Kier molecular flexibility index (Phi) is 5.48. The Balaban J connectivity index is 1.70. The lowest BCUT2D eigenvalue weighted by Gasteiger charge is -2.21. The second-order valence-electron chi connectivity index (χ2n) is 8.07. The zero-order valence-corrected chi connectivity index (χ0v) is 19.2. The monoisotopic (exact) mass is 510 g/mol. The van der Waals surface area contributed by atoms with Gasteiger partial charge in [-0.3, -0.25) is 9.48 Å². The molecule has 0 aromatic carbocycles. The van der Waals surface area contributed by atoms with Crippen molar-refractivity contribution in [3.05, 3.63) is 33.8 Å². The fourth-order valence-corrected chi connectivity index (χ4v) is 4.59. The van der Waals surface area contributed by atoms with Crippen LogP contribution < -0.4 is 0 Å². The average molecular weight is 510 g/mol. The number of rotatable bonds is 5. The summed E-state index contributed by atoms with van der Waals surface area (Å²) in [7, 11) is 2.67. The lowest BCUT2D eigenvalue weighted by molar-refractivity contribution is -0.291. The molecule has 0 saturated heterocycles. The molecule has 1 aliphatic rings. The van der Waals surface area contributed by atoms with Crippen molar-refractivity contribution >= 4 is 17.2 Å². The molecule has 1 aliphatic carbocycles. The quantitative estimate of drug-likeness (QED) is 0.458. The summed E-state index contributed by atoms with van der Waals surface area (Å²) in [4.78, 5) is 14.6. The van der Waals surface area contributed by atoms with Gasteiger partial charge < -0.3 is 9.42 Å². The molecule has 0 atom stereocenters. The molecule has 3 aromatic rings. The van der Waals surface area contributed by atoms with E-state index in [1.807, 2.05) is 6.07 Å². The van der Waals surface area contributed by atoms with Crippen LogP contribution in [0.15, 0.2) is 16.7 Å². The van der Waals surface area contributed by atoms with E-state index in [1.165, 1.54) is 31.1 Å². The normalized spacial score (nSPS) is 14.9. The van der Waals surface area contributed by atoms with Gasteiger partial charge in [-0.1, -0.05) is 5.16 Å². The molecule has 182 valence electrons. The van der Waals surface area contributed by atoms with Gasteiger partial charge in [0.15, 0.2) is 5.76 Å². The summed E-state index contributed by atoms with van der Waals surface area (Å²) in [5.41, 5.74) is -2.90. The van der Waals surface area contributed by atoms with E-state index in [-0.39, 0.29) is 27.6 Å². The van der Waals surface area contributed by atoms with Crippen LogP contribution >= 0.6 is 11.3 Å². The SMILES string of the molecule is Cc1c(C(F)(F)C(F)(F)F)nn(C)c1-c1cc(-c2cc(C(=O)N(C)C3(C#N)CC3)c(C#N)s2)on1. The van der Waals surface area contributed by atoms with Crippen molar-refractivity contribution in [3.63, 3.8) is 0 Å². The molecule has 1 fully saturated rings. The van der Waals surface area contributed by atoms with Gasteiger partial charge in [-0.15, -0.1) is 11.3 Å². The number of aryl methyl sites for hydroxylation is 1. The van der Waals surface area contributed by atoms with Gasteiger partial charge in [0.2, 0.25) is 0 Å². The number of hydrogen-bond acceptors (Lipinski definition) is 7. The van der Waals surface area contributed by atoms with Crippen LogP contribution in [0.5, 0.6) is 0 Å². The lowest BCUT2D eigenvalue weighted by Crippen LogP contribution is -2.38. The van der Waals surface area contributed by atoms with Crippen LogP contribution in [0.2, 0.25) is 0 Å². The van der Waals surface area contributed by atoms with Gasteiger partial charge in [-0.05, 0) is 25.8 Å². The standard InChI is InChI=1S/C21H15F5N6O2S/c1-10-16(32(3)29-17(10)20(22,23)21(24,25)26)12-7-13(34-30-12)14-6-11(15(8-27)35-14)18(33)31(2)19(9-28)4-5-19/h6-7H,4-5H2,1-3H3. The van der Waals surface area contributed by atoms with Crippen molar-refractivity contribution < 1.29 is 31.3 Å². The van der Waals surface area contributed by atoms with Gasteiger partial charge in [0, 0.05) is 25.7 Å². The first kappa shape index (κ1) is 24.3. The molecule has 4 rings (SSSR count). The van der Waals surface area contributed by atoms with E-state index in [0.717, 1.165) is 22.9 Å². The predicted molar refractivity (Wildman–Crippen MR) is 111 cm³/mol. The van der Waals surface area contributed by atoms with E-state index >= 15 is 0 Å². The molecule has 8 nitrogen and oxygen atoms in total. The van der Waals surface area contributed by atoms with Crippen molar-refractivity contribution in [1.82, 2.24) is 19.8 Å². The number of nitriles is 2. The summed E-state index contributed by atoms with van der Waals surface area (Å²) in [6, 6.07) is 6.70. The molecule has 0 bridgehead atoms. The first-order valence-electron chi connectivity index (χ1n) is 9.97. The molecule has 0 aliphatic heterocycles. The topological polar surface area (TPSA) is 112 Å². The maximum atomic E-state index is 13.9. The molecule has 0 spiro atoms. The Morgan fingerprint density at radius 1 is 1.26 bits per heavy atom.